The van der Waals surface area contributed by atoms with E-state index in [1.807, 2.05) is 54.6 Å². The number of hydrogen-bond acceptors (Lipinski definition) is 3. The molecule has 1 N–H and O–H groups in total. The van der Waals surface area contributed by atoms with Gasteiger partial charge in [-0.25, -0.2) is 0 Å². The molecule has 0 aliphatic carbocycles. The van der Waals surface area contributed by atoms with E-state index in [9.17, 15) is 4.79 Å². The second kappa shape index (κ2) is 8.83. The van der Waals surface area contributed by atoms with Crippen LogP contribution in [0.5, 0.6) is 5.75 Å². The van der Waals surface area contributed by atoms with E-state index < -0.39 is 0 Å². The molecular weight excluding hydrogens is 288 g/mol. The number of benzene rings is 2. The molecule has 0 aromatic heterocycles. The van der Waals surface area contributed by atoms with Gasteiger partial charge >= 0.3 is 0 Å². The summed E-state index contributed by atoms with van der Waals surface area (Å²) in [7, 11) is 0. The summed E-state index contributed by atoms with van der Waals surface area (Å²) in [4.78, 5) is 14.2. The molecule has 2 aromatic carbocycles. The Morgan fingerprint density at radius 1 is 1.00 bits per heavy atom. The van der Waals surface area contributed by atoms with Gasteiger partial charge in [-0.15, -0.1) is 0 Å². The molecule has 0 heterocycles. The summed E-state index contributed by atoms with van der Waals surface area (Å²) >= 11 is 0. The van der Waals surface area contributed by atoms with Crippen LogP contribution in [0.15, 0.2) is 54.6 Å². The second-order valence-corrected chi connectivity index (χ2v) is 5.18. The molecule has 122 valence electrons. The van der Waals surface area contributed by atoms with Crippen LogP contribution in [-0.2, 0) is 4.79 Å². The minimum absolute atomic E-state index is 0.0449. The Bertz CT molecular complexity index is 593. The highest BCUT2D eigenvalue weighted by Crippen LogP contribution is 2.17. The van der Waals surface area contributed by atoms with Crippen LogP contribution < -0.4 is 15.0 Å². The highest BCUT2D eigenvalue weighted by atomic mass is 16.5. The molecule has 0 aliphatic heterocycles. The van der Waals surface area contributed by atoms with Crippen molar-refractivity contribution in [1.29, 1.82) is 0 Å². The van der Waals surface area contributed by atoms with Gasteiger partial charge in [0.25, 0.3) is 0 Å². The number of para-hydroxylation sites is 1. The number of nitrogens with one attached hydrogen (secondary N) is 1. The maximum Gasteiger partial charge on any atom is 0.227 e. The van der Waals surface area contributed by atoms with Gasteiger partial charge in [0.1, 0.15) is 5.75 Å². The van der Waals surface area contributed by atoms with Crippen molar-refractivity contribution >= 4 is 17.3 Å². The highest BCUT2D eigenvalue weighted by Gasteiger charge is 2.05. The topological polar surface area (TPSA) is 41.6 Å². The van der Waals surface area contributed by atoms with E-state index in [1.165, 1.54) is 5.69 Å². The molecular formula is C19H24N2O2. The van der Waals surface area contributed by atoms with Gasteiger partial charge in [0.15, 0.2) is 0 Å². The van der Waals surface area contributed by atoms with E-state index in [-0.39, 0.29) is 5.91 Å². The minimum Gasteiger partial charge on any atom is -0.493 e. The third-order valence-corrected chi connectivity index (χ3v) is 3.62. The molecule has 2 rings (SSSR count). The molecule has 0 saturated heterocycles. The smallest absolute Gasteiger partial charge is 0.227 e. The monoisotopic (exact) mass is 312 g/mol. The zero-order valence-electron chi connectivity index (χ0n) is 13.8. The number of amides is 1. The van der Waals surface area contributed by atoms with Crippen LogP contribution in [0.1, 0.15) is 20.3 Å². The SMILES string of the molecule is CCN(CC)c1ccc(NC(=O)CCOc2ccccc2)cc1. The standard InChI is InChI=1S/C19H24N2O2/c1-3-21(4-2)17-12-10-16(11-13-17)20-19(22)14-15-23-18-8-6-5-7-9-18/h5-13H,3-4,14-15H2,1-2H3,(H,20,22). The summed E-state index contributed by atoms with van der Waals surface area (Å²) in [5.74, 6) is 0.736. The second-order valence-electron chi connectivity index (χ2n) is 5.18. The van der Waals surface area contributed by atoms with Crippen molar-refractivity contribution < 1.29 is 9.53 Å². The highest BCUT2D eigenvalue weighted by molar-refractivity contribution is 5.90. The van der Waals surface area contributed by atoms with Gasteiger partial charge in [-0.1, -0.05) is 18.2 Å². The summed E-state index contributed by atoms with van der Waals surface area (Å²) < 4.78 is 5.53. The summed E-state index contributed by atoms with van der Waals surface area (Å²) in [5.41, 5.74) is 1.98. The summed E-state index contributed by atoms with van der Waals surface area (Å²) in [6.45, 7) is 6.57. The van der Waals surface area contributed by atoms with Crippen LogP contribution in [0.3, 0.4) is 0 Å². The summed E-state index contributed by atoms with van der Waals surface area (Å²) in [6, 6.07) is 17.4. The molecule has 23 heavy (non-hydrogen) atoms. The predicted octanol–water partition coefficient (Wildman–Crippen LogP) is 3.94. The Kier molecular flexibility index (Phi) is 6.48. The average molecular weight is 312 g/mol. The van der Waals surface area contributed by atoms with Crippen LogP contribution in [0.4, 0.5) is 11.4 Å². The van der Waals surface area contributed by atoms with E-state index in [1.54, 1.807) is 0 Å². The number of nitrogens with zero attached hydrogens (tertiary/aromatic N) is 1. The Morgan fingerprint density at radius 2 is 1.65 bits per heavy atom. The molecule has 0 radical (unpaired) electrons. The minimum atomic E-state index is -0.0449. The van der Waals surface area contributed by atoms with E-state index in [4.69, 9.17) is 4.74 Å². The molecule has 4 nitrogen and oxygen atoms in total. The van der Waals surface area contributed by atoms with Crippen molar-refractivity contribution in [1.82, 2.24) is 0 Å². The number of anilines is 2. The van der Waals surface area contributed by atoms with Gasteiger partial charge in [0, 0.05) is 24.5 Å². The number of hydrogen-bond donors (Lipinski definition) is 1. The van der Waals surface area contributed by atoms with Crippen molar-refractivity contribution in [3.8, 4) is 5.75 Å². The van der Waals surface area contributed by atoms with Crippen LogP contribution in [0.25, 0.3) is 0 Å². The molecule has 0 spiro atoms. The quantitative estimate of drug-likeness (QED) is 0.802. The van der Waals surface area contributed by atoms with E-state index in [2.05, 4.69) is 24.1 Å². The van der Waals surface area contributed by atoms with Crippen LogP contribution in [0.2, 0.25) is 0 Å². The van der Waals surface area contributed by atoms with E-state index in [0.717, 1.165) is 24.5 Å². The Labute approximate surface area is 138 Å². The lowest BCUT2D eigenvalue weighted by Gasteiger charge is -2.21. The van der Waals surface area contributed by atoms with Gasteiger partial charge in [0.2, 0.25) is 5.91 Å². The van der Waals surface area contributed by atoms with Crippen molar-refractivity contribution in [2.24, 2.45) is 0 Å². The molecule has 4 heteroatoms. The zero-order valence-corrected chi connectivity index (χ0v) is 13.8. The Morgan fingerprint density at radius 3 is 2.26 bits per heavy atom. The van der Waals surface area contributed by atoms with Crippen LogP contribution in [0, 0.1) is 0 Å². The molecule has 0 unspecified atom stereocenters. The molecule has 0 fully saturated rings. The number of rotatable bonds is 8. The maximum absolute atomic E-state index is 11.9. The first-order valence-electron chi connectivity index (χ1n) is 8.05. The first-order valence-corrected chi connectivity index (χ1v) is 8.05. The van der Waals surface area contributed by atoms with Crippen molar-refractivity contribution in [2.75, 3.05) is 29.9 Å². The zero-order chi connectivity index (χ0) is 16.5. The van der Waals surface area contributed by atoms with Gasteiger partial charge in [-0.3, -0.25) is 4.79 Å². The molecule has 0 bridgehead atoms. The van der Waals surface area contributed by atoms with Gasteiger partial charge in [-0.2, -0.15) is 0 Å². The van der Waals surface area contributed by atoms with E-state index >= 15 is 0 Å². The van der Waals surface area contributed by atoms with Gasteiger partial charge in [0.05, 0.1) is 13.0 Å². The molecule has 0 saturated carbocycles. The van der Waals surface area contributed by atoms with Crippen LogP contribution >= 0.6 is 0 Å². The lowest BCUT2D eigenvalue weighted by atomic mass is 10.2. The van der Waals surface area contributed by atoms with E-state index in [0.29, 0.717) is 13.0 Å². The fraction of sp³-hybridized carbons (Fsp3) is 0.316. The fourth-order valence-corrected chi connectivity index (χ4v) is 2.35. The normalized spacial score (nSPS) is 10.2. The number of carbonyl (C=O) groups excluding carboxylic acids is 1. The number of ether oxygens (including phenoxy) is 1. The molecule has 1 amide bonds. The Hall–Kier alpha value is -2.49. The van der Waals surface area contributed by atoms with Crippen molar-refractivity contribution in [3.05, 3.63) is 54.6 Å². The molecule has 0 aliphatic rings. The third kappa shape index (κ3) is 5.33. The van der Waals surface area contributed by atoms with Crippen molar-refractivity contribution in [3.63, 3.8) is 0 Å². The lowest BCUT2D eigenvalue weighted by Crippen LogP contribution is -2.21. The van der Waals surface area contributed by atoms with Crippen LogP contribution in [-0.4, -0.2) is 25.6 Å². The fourth-order valence-electron chi connectivity index (χ4n) is 2.35. The lowest BCUT2D eigenvalue weighted by molar-refractivity contribution is -0.116. The third-order valence-electron chi connectivity index (χ3n) is 3.62. The first kappa shape index (κ1) is 16.9. The first-order chi connectivity index (χ1) is 11.2. The predicted molar refractivity (Wildman–Crippen MR) is 95.2 cm³/mol. The average Bonchev–Trinajstić information content (AvgIpc) is 2.58. The number of carbonyl (C=O) groups is 1. The van der Waals surface area contributed by atoms with Crippen molar-refractivity contribution in [2.45, 2.75) is 20.3 Å². The largest absolute Gasteiger partial charge is 0.493 e. The summed E-state index contributed by atoms with van der Waals surface area (Å²) in [6.07, 6.45) is 0.326. The van der Waals surface area contributed by atoms with Gasteiger partial charge < -0.3 is 15.0 Å². The molecule has 2 aromatic rings. The molecule has 0 atom stereocenters. The van der Waals surface area contributed by atoms with Gasteiger partial charge in [-0.05, 0) is 50.2 Å². The Balaban J connectivity index is 1.78. The maximum atomic E-state index is 11.9. The summed E-state index contributed by atoms with van der Waals surface area (Å²) in [5, 5.41) is 2.89.